The molecule has 0 saturated heterocycles. The second-order valence-electron chi connectivity index (χ2n) is 4.15. The van der Waals surface area contributed by atoms with Crippen LogP contribution in [0.5, 0.6) is 0 Å². The van der Waals surface area contributed by atoms with Crippen LogP contribution in [0.15, 0.2) is 30.3 Å². The number of rotatable bonds is 4. The topological polar surface area (TPSA) is 115 Å². The number of anilines is 2. The molecule has 2 rings (SSSR count). The van der Waals surface area contributed by atoms with Gasteiger partial charge in [-0.05, 0) is 5.56 Å². The predicted molar refractivity (Wildman–Crippen MR) is 81.2 cm³/mol. The van der Waals surface area contributed by atoms with Gasteiger partial charge in [0, 0.05) is 5.56 Å². The lowest BCUT2D eigenvalue weighted by molar-refractivity contribution is 0.100. The largest absolute Gasteiger partial charge is 0.390 e. The van der Waals surface area contributed by atoms with Crippen molar-refractivity contribution in [3.05, 3.63) is 35.9 Å². The summed E-state index contributed by atoms with van der Waals surface area (Å²) in [4.78, 5) is 11.7. The highest BCUT2D eigenvalue weighted by atomic mass is 32.2. The van der Waals surface area contributed by atoms with Crippen LogP contribution >= 0.6 is 11.3 Å². The molecule has 0 bridgehead atoms. The van der Waals surface area contributed by atoms with Crippen LogP contribution in [0, 0.1) is 0 Å². The minimum atomic E-state index is -3.52. The second-order valence-corrected chi connectivity index (χ2v) is 6.95. The Balaban J connectivity index is 2.67. The van der Waals surface area contributed by atoms with Crippen molar-refractivity contribution in [3.8, 4) is 11.1 Å². The third-order valence-electron chi connectivity index (χ3n) is 2.52. The summed E-state index contributed by atoms with van der Waals surface area (Å²) in [6.45, 7) is 0. The average molecular weight is 311 g/mol. The maximum Gasteiger partial charge on any atom is 0.252 e. The zero-order valence-corrected chi connectivity index (χ0v) is 12.2. The summed E-state index contributed by atoms with van der Waals surface area (Å²) in [5, 5.41) is 0.465. The molecule has 2 aromatic rings. The molecule has 0 atom stereocenters. The van der Waals surface area contributed by atoms with Crippen molar-refractivity contribution in [1.29, 1.82) is 0 Å². The van der Waals surface area contributed by atoms with E-state index in [-0.39, 0.29) is 10.6 Å². The normalized spacial score (nSPS) is 11.2. The molecule has 0 spiro atoms. The lowest BCUT2D eigenvalue weighted by atomic mass is 10.0. The molecule has 0 fully saturated rings. The first-order chi connectivity index (χ1) is 9.29. The Hall–Kier alpha value is -2.06. The molecular formula is C12H13N3O3S2. The van der Waals surface area contributed by atoms with Gasteiger partial charge in [0.1, 0.15) is 5.00 Å². The number of benzene rings is 1. The van der Waals surface area contributed by atoms with Crippen LogP contribution in [0.1, 0.15) is 10.4 Å². The van der Waals surface area contributed by atoms with Crippen LogP contribution in [0.4, 0.5) is 10.0 Å². The monoisotopic (exact) mass is 311 g/mol. The number of amides is 1. The number of nitrogens with two attached hydrogens (primary N) is 2. The van der Waals surface area contributed by atoms with Gasteiger partial charge in [-0.15, -0.1) is 0 Å². The minimum absolute atomic E-state index is 0.0872. The van der Waals surface area contributed by atoms with Crippen molar-refractivity contribution < 1.29 is 13.2 Å². The predicted octanol–water partition coefficient (Wildman–Crippen LogP) is 1.47. The van der Waals surface area contributed by atoms with Crippen molar-refractivity contribution in [1.82, 2.24) is 0 Å². The quantitative estimate of drug-likeness (QED) is 0.792. The van der Waals surface area contributed by atoms with Crippen molar-refractivity contribution in [3.63, 3.8) is 0 Å². The highest BCUT2D eigenvalue weighted by Gasteiger charge is 2.23. The molecule has 5 N–H and O–H groups in total. The first-order valence-electron chi connectivity index (χ1n) is 5.55. The van der Waals surface area contributed by atoms with Crippen molar-refractivity contribution in [2.24, 2.45) is 5.73 Å². The lowest BCUT2D eigenvalue weighted by Gasteiger charge is -2.05. The van der Waals surface area contributed by atoms with Crippen LogP contribution in [0.2, 0.25) is 0 Å². The van der Waals surface area contributed by atoms with Crippen molar-refractivity contribution >= 4 is 37.3 Å². The number of nitrogens with one attached hydrogen (secondary N) is 1. The molecule has 1 heterocycles. The van der Waals surface area contributed by atoms with Gasteiger partial charge in [-0.25, -0.2) is 8.42 Å². The summed E-state index contributed by atoms with van der Waals surface area (Å²) < 4.78 is 24.9. The maximum absolute atomic E-state index is 11.7. The van der Waals surface area contributed by atoms with E-state index >= 15 is 0 Å². The van der Waals surface area contributed by atoms with E-state index in [1.165, 1.54) is 0 Å². The van der Waals surface area contributed by atoms with Crippen molar-refractivity contribution in [2.45, 2.75) is 0 Å². The first-order valence-corrected chi connectivity index (χ1v) is 8.25. The highest BCUT2D eigenvalue weighted by molar-refractivity contribution is 7.92. The van der Waals surface area contributed by atoms with E-state index in [2.05, 4.69) is 4.72 Å². The fraction of sp³-hybridized carbons (Fsp3) is 0.0833. The van der Waals surface area contributed by atoms with Gasteiger partial charge in [0.2, 0.25) is 10.0 Å². The number of carbonyl (C=O) groups excluding carboxylic acids is 1. The zero-order valence-electron chi connectivity index (χ0n) is 10.6. The van der Waals surface area contributed by atoms with E-state index < -0.39 is 15.9 Å². The number of thiophene rings is 1. The summed E-state index contributed by atoms with van der Waals surface area (Å²) >= 11 is 0.978. The molecule has 6 nitrogen and oxygen atoms in total. The second kappa shape index (κ2) is 5.14. The van der Waals surface area contributed by atoms with E-state index in [4.69, 9.17) is 11.5 Å². The Bertz CT molecular complexity index is 752. The van der Waals surface area contributed by atoms with Gasteiger partial charge in [0.05, 0.1) is 16.8 Å². The third kappa shape index (κ3) is 2.91. The van der Waals surface area contributed by atoms with Crippen LogP contribution in [-0.4, -0.2) is 20.6 Å². The molecule has 1 aromatic heterocycles. The van der Waals surface area contributed by atoms with E-state index in [9.17, 15) is 13.2 Å². The molecule has 0 unspecified atom stereocenters. The number of nitrogen functional groups attached to an aromatic ring is 1. The smallest absolute Gasteiger partial charge is 0.252 e. The Morgan fingerprint density at radius 1 is 1.25 bits per heavy atom. The van der Waals surface area contributed by atoms with Gasteiger partial charge in [-0.2, -0.15) is 0 Å². The van der Waals surface area contributed by atoms with Gasteiger partial charge >= 0.3 is 0 Å². The summed E-state index contributed by atoms with van der Waals surface area (Å²) in [5.41, 5.74) is 12.5. The minimum Gasteiger partial charge on any atom is -0.390 e. The van der Waals surface area contributed by atoms with Gasteiger partial charge < -0.3 is 11.5 Å². The van der Waals surface area contributed by atoms with E-state index in [1.807, 2.05) is 6.07 Å². The molecule has 0 saturated carbocycles. The molecule has 20 heavy (non-hydrogen) atoms. The van der Waals surface area contributed by atoms with Crippen LogP contribution in [0.25, 0.3) is 11.1 Å². The molecule has 1 amide bonds. The molecule has 0 radical (unpaired) electrons. The molecule has 106 valence electrons. The number of carbonyl (C=O) groups is 1. The van der Waals surface area contributed by atoms with Gasteiger partial charge in [0.25, 0.3) is 5.91 Å². The Labute approximate surface area is 120 Å². The Kier molecular flexibility index (Phi) is 3.69. The number of sulfonamides is 1. The highest BCUT2D eigenvalue weighted by Crippen LogP contribution is 2.42. The van der Waals surface area contributed by atoms with Crippen LogP contribution in [-0.2, 0) is 10.0 Å². The lowest BCUT2D eigenvalue weighted by Crippen LogP contribution is -2.16. The first kappa shape index (κ1) is 14.4. The van der Waals surface area contributed by atoms with E-state index in [0.717, 1.165) is 17.6 Å². The van der Waals surface area contributed by atoms with Crippen molar-refractivity contribution in [2.75, 3.05) is 16.7 Å². The van der Waals surface area contributed by atoms with E-state index in [0.29, 0.717) is 16.1 Å². The van der Waals surface area contributed by atoms with Crippen LogP contribution < -0.4 is 16.2 Å². The standard InChI is InChI=1S/C12H13N3O3S2/c1-20(17,18)15-12-9(10(13)16)8(11(14)19-12)7-5-3-2-4-6-7/h2-6,15H,14H2,1H3,(H2,13,16). The summed E-state index contributed by atoms with van der Waals surface area (Å²) in [6, 6.07) is 8.96. The Morgan fingerprint density at radius 2 is 1.85 bits per heavy atom. The molecule has 0 aliphatic carbocycles. The molecule has 8 heteroatoms. The van der Waals surface area contributed by atoms with Gasteiger partial charge in [0.15, 0.2) is 0 Å². The number of primary amides is 1. The number of hydrogen-bond acceptors (Lipinski definition) is 5. The maximum atomic E-state index is 11.7. The summed E-state index contributed by atoms with van der Waals surface area (Å²) in [5.74, 6) is -0.733. The zero-order chi connectivity index (χ0) is 14.9. The van der Waals surface area contributed by atoms with Gasteiger partial charge in [-0.1, -0.05) is 41.7 Å². The average Bonchev–Trinajstić information content (AvgIpc) is 2.64. The molecule has 1 aromatic carbocycles. The Morgan fingerprint density at radius 3 is 2.35 bits per heavy atom. The molecular weight excluding hydrogens is 298 g/mol. The fourth-order valence-electron chi connectivity index (χ4n) is 1.82. The summed E-state index contributed by atoms with van der Waals surface area (Å²) in [6.07, 6.45) is 0.996. The van der Waals surface area contributed by atoms with E-state index in [1.54, 1.807) is 24.3 Å². The number of hydrogen-bond donors (Lipinski definition) is 3. The molecule has 0 aliphatic heterocycles. The fourth-order valence-corrected chi connectivity index (χ4v) is 3.72. The van der Waals surface area contributed by atoms with Crippen LogP contribution in [0.3, 0.4) is 0 Å². The summed E-state index contributed by atoms with van der Waals surface area (Å²) in [7, 11) is -3.52. The van der Waals surface area contributed by atoms with Gasteiger partial charge in [-0.3, -0.25) is 9.52 Å². The third-order valence-corrected chi connectivity index (χ3v) is 4.16. The SMILES string of the molecule is CS(=O)(=O)Nc1sc(N)c(-c2ccccc2)c1C(N)=O. The molecule has 0 aliphatic rings.